The number of hydrogen-bond acceptors (Lipinski definition) is 2. The molecule has 0 aliphatic rings. The van der Waals surface area contributed by atoms with E-state index in [1.165, 1.54) is 17.8 Å². The first-order valence-electron chi connectivity index (χ1n) is 5.53. The Morgan fingerprint density at radius 3 is 2.32 bits per heavy atom. The number of carbonyl (C=O) groups is 1. The van der Waals surface area contributed by atoms with E-state index >= 15 is 0 Å². The molecule has 0 saturated heterocycles. The summed E-state index contributed by atoms with van der Waals surface area (Å²) in [6, 6.07) is 10.7. The summed E-state index contributed by atoms with van der Waals surface area (Å²) in [4.78, 5) is 11.6. The maximum atomic E-state index is 13.0. The molecule has 0 fully saturated rings. The Kier molecular flexibility index (Phi) is 4.16. The highest BCUT2D eigenvalue weighted by molar-refractivity contribution is 7.98. The van der Waals surface area contributed by atoms with Gasteiger partial charge in [-0.2, -0.15) is 0 Å². The first-order valence-corrected chi connectivity index (χ1v) is 6.51. The van der Waals surface area contributed by atoms with Gasteiger partial charge in [-0.1, -0.05) is 12.1 Å². The zero-order valence-electron chi connectivity index (χ0n) is 9.90. The van der Waals surface area contributed by atoms with Gasteiger partial charge in [-0.3, -0.25) is 4.79 Å². The molecule has 0 saturated carbocycles. The Labute approximate surface area is 113 Å². The lowest BCUT2D eigenvalue weighted by molar-refractivity contribution is 0.100. The topological polar surface area (TPSA) is 43.1 Å². The molecule has 2 nitrogen and oxygen atoms in total. The predicted molar refractivity (Wildman–Crippen MR) is 70.9 cm³/mol. The van der Waals surface area contributed by atoms with Crippen LogP contribution in [-0.4, -0.2) is 5.91 Å². The minimum absolute atomic E-state index is 0.446. The van der Waals surface area contributed by atoms with Gasteiger partial charge in [0.2, 0.25) is 5.91 Å². The third kappa shape index (κ3) is 3.54. The summed E-state index contributed by atoms with van der Waals surface area (Å²) in [6.45, 7) is 0. The van der Waals surface area contributed by atoms with Crippen molar-refractivity contribution in [3.8, 4) is 0 Å². The maximum absolute atomic E-state index is 13.0. The Balaban J connectivity index is 2.01. The van der Waals surface area contributed by atoms with E-state index in [2.05, 4.69) is 0 Å². The normalized spacial score (nSPS) is 10.4. The van der Waals surface area contributed by atoms with Crippen LogP contribution in [0.3, 0.4) is 0 Å². The maximum Gasteiger partial charge on any atom is 0.248 e. The predicted octanol–water partition coefficient (Wildman–Crippen LogP) is 3.36. The fraction of sp³-hybridized carbons (Fsp3) is 0.0714. The lowest BCUT2D eigenvalue weighted by Gasteiger charge is -2.03. The van der Waals surface area contributed by atoms with Crippen molar-refractivity contribution >= 4 is 17.7 Å². The lowest BCUT2D eigenvalue weighted by atomic mass is 10.1. The third-order valence-electron chi connectivity index (χ3n) is 2.54. The molecule has 0 unspecified atom stereocenters. The van der Waals surface area contributed by atoms with Crippen LogP contribution >= 0.6 is 11.8 Å². The number of thioether (sulfide) groups is 1. The van der Waals surface area contributed by atoms with Gasteiger partial charge in [0.15, 0.2) is 11.6 Å². The molecule has 0 atom stereocenters. The Morgan fingerprint density at radius 2 is 1.74 bits per heavy atom. The first-order chi connectivity index (χ1) is 9.06. The van der Waals surface area contributed by atoms with Gasteiger partial charge >= 0.3 is 0 Å². The second kappa shape index (κ2) is 5.84. The second-order valence-corrected chi connectivity index (χ2v) is 4.97. The van der Waals surface area contributed by atoms with Crippen molar-refractivity contribution in [3.63, 3.8) is 0 Å². The van der Waals surface area contributed by atoms with E-state index in [1.807, 2.05) is 0 Å². The van der Waals surface area contributed by atoms with Crippen LogP contribution < -0.4 is 5.73 Å². The van der Waals surface area contributed by atoms with Crippen LogP contribution in [0.2, 0.25) is 0 Å². The molecule has 0 radical (unpaired) electrons. The zero-order chi connectivity index (χ0) is 13.8. The highest BCUT2D eigenvalue weighted by Crippen LogP contribution is 2.24. The molecule has 2 aromatic carbocycles. The lowest BCUT2D eigenvalue weighted by Crippen LogP contribution is -2.10. The molecule has 2 aromatic rings. The SMILES string of the molecule is NC(=O)c1ccc(CSc2ccc(F)c(F)c2)cc1. The van der Waals surface area contributed by atoms with E-state index in [0.717, 1.165) is 17.7 Å². The minimum Gasteiger partial charge on any atom is -0.366 e. The number of primary amides is 1. The number of carbonyl (C=O) groups excluding carboxylic acids is 1. The fourth-order valence-electron chi connectivity index (χ4n) is 1.50. The zero-order valence-corrected chi connectivity index (χ0v) is 10.7. The van der Waals surface area contributed by atoms with Crippen LogP contribution in [0, 0.1) is 11.6 Å². The fourth-order valence-corrected chi connectivity index (χ4v) is 2.38. The second-order valence-electron chi connectivity index (χ2n) is 3.93. The number of rotatable bonds is 4. The number of nitrogens with two attached hydrogens (primary N) is 1. The summed E-state index contributed by atoms with van der Waals surface area (Å²) in [5, 5.41) is 0. The molecule has 2 N–H and O–H groups in total. The van der Waals surface area contributed by atoms with Crippen LogP contribution in [0.5, 0.6) is 0 Å². The Hall–Kier alpha value is -1.88. The summed E-state index contributed by atoms with van der Waals surface area (Å²) in [5.74, 6) is -1.58. The number of hydrogen-bond donors (Lipinski definition) is 1. The van der Waals surface area contributed by atoms with Crippen molar-refractivity contribution in [2.75, 3.05) is 0 Å². The van der Waals surface area contributed by atoms with E-state index in [0.29, 0.717) is 16.2 Å². The van der Waals surface area contributed by atoms with Crippen LogP contribution in [0.4, 0.5) is 8.78 Å². The van der Waals surface area contributed by atoms with Crippen LogP contribution in [0.1, 0.15) is 15.9 Å². The van der Waals surface area contributed by atoms with Crippen molar-refractivity contribution in [2.45, 2.75) is 10.6 Å². The Morgan fingerprint density at radius 1 is 1.05 bits per heavy atom. The number of amides is 1. The molecule has 0 aliphatic carbocycles. The van der Waals surface area contributed by atoms with Gasteiger partial charge in [0, 0.05) is 16.2 Å². The largest absolute Gasteiger partial charge is 0.366 e. The van der Waals surface area contributed by atoms with Crippen LogP contribution in [0.15, 0.2) is 47.4 Å². The van der Waals surface area contributed by atoms with Gasteiger partial charge in [0.05, 0.1) is 0 Å². The van der Waals surface area contributed by atoms with E-state index < -0.39 is 17.5 Å². The molecule has 0 heterocycles. The molecule has 5 heteroatoms. The summed E-state index contributed by atoms with van der Waals surface area (Å²) >= 11 is 1.39. The van der Waals surface area contributed by atoms with Gasteiger partial charge in [-0.15, -0.1) is 11.8 Å². The first kappa shape index (κ1) is 13.5. The van der Waals surface area contributed by atoms with Crippen molar-refractivity contribution in [1.82, 2.24) is 0 Å². The van der Waals surface area contributed by atoms with Crippen molar-refractivity contribution < 1.29 is 13.6 Å². The van der Waals surface area contributed by atoms with Gasteiger partial charge < -0.3 is 5.73 Å². The highest BCUT2D eigenvalue weighted by Gasteiger charge is 2.04. The third-order valence-corrected chi connectivity index (χ3v) is 3.60. The van der Waals surface area contributed by atoms with Crippen molar-refractivity contribution in [2.24, 2.45) is 5.73 Å². The highest BCUT2D eigenvalue weighted by atomic mass is 32.2. The summed E-state index contributed by atoms with van der Waals surface area (Å²) in [7, 11) is 0. The van der Waals surface area contributed by atoms with Gasteiger partial charge in [0.25, 0.3) is 0 Å². The molecule has 0 aliphatic heterocycles. The molecular formula is C14H11F2NOS. The molecule has 98 valence electrons. The average Bonchev–Trinajstić information content (AvgIpc) is 2.40. The van der Waals surface area contributed by atoms with E-state index in [-0.39, 0.29) is 0 Å². The quantitative estimate of drug-likeness (QED) is 0.872. The molecule has 0 bridgehead atoms. The molecule has 19 heavy (non-hydrogen) atoms. The summed E-state index contributed by atoms with van der Waals surface area (Å²) < 4.78 is 25.8. The summed E-state index contributed by atoms with van der Waals surface area (Å²) in [5.41, 5.74) is 6.56. The Bertz CT molecular complexity index is 599. The molecular weight excluding hydrogens is 268 g/mol. The van der Waals surface area contributed by atoms with Gasteiger partial charge in [-0.25, -0.2) is 8.78 Å². The van der Waals surface area contributed by atoms with Crippen molar-refractivity contribution in [1.29, 1.82) is 0 Å². The minimum atomic E-state index is -0.853. The summed E-state index contributed by atoms with van der Waals surface area (Å²) in [6.07, 6.45) is 0. The standard InChI is InChI=1S/C14H11F2NOS/c15-12-6-5-11(7-13(12)16)19-8-9-1-3-10(4-2-9)14(17)18/h1-7H,8H2,(H2,17,18). The van der Waals surface area contributed by atoms with E-state index in [9.17, 15) is 13.6 Å². The van der Waals surface area contributed by atoms with Crippen LogP contribution in [0.25, 0.3) is 0 Å². The molecule has 0 aromatic heterocycles. The number of benzene rings is 2. The molecule has 1 amide bonds. The average molecular weight is 279 g/mol. The molecule has 0 spiro atoms. The van der Waals surface area contributed by atoms with Gasteiger partial charge in [-0.05, 0) is 35.9 Å². The van der Waals surface area contributed by atoms with E-state index in [4.69, 9.17) is 5.73 Å². The van der Waals surface area contributed by atoms with Crippen molar-refractivity contribution in [3.05, 3.63) is 65.2 Å². The monoisotopic (exact) mass is 279 g/mol. The smallest absolute Gasteiger partial charge is 0.248 e. The van der Waals surface area contributed by atoms with Crippen LogP contribution in [-0.2, 0) is 5.75 Å². The molecule has 2 rings (SSSR count). The van der Waals surface area contributed by atoms with E-state index in [1.54, 1.807) is 24.3 Å². The van der Waals surface area contributed by atoms with Gasteiger partial charge in [0.1, 0.15) is 0 Å². The number of halogens is 2.